The second-order valence-electron chi connectivity index (χ2n) is 10.5. The van der Waals surface area contributed by atoms with E-state index in [4.69, 9.17) is 0 Å². The van der Waals surface area contributed by atoms with Gasteiger partial charge < -0.3 is 5.11 Å². The highest BCUT2D eigenvalue weighted by Gasteiger charge is 2.35. The summed E-state index contributed by atoms with van der Waals surface area (Å²) in [5.74, 6) is -0.181. The molecule has 1 aliphatic carbocycles. The normalized spacial score (nSPS) is 17.6. The Morgan fingerprint density at radius 1 is 1.00 bits per heavy atom. The molecular weight excluding hydrogens is 440 g/mol. The maximum Gasteiger partial charge on any atom is 0.416 e. The van der Waals surface area contributed by atoms with Gasteiger partial charge in [-0.25, -0.2) is 4.39 Å². The van der Waals surface area contributed by atoms with Crippen molar-refractivity contribution in [2.45, 2.75) is 65.2 Å². The monoisotopic (exact) mass is 470 g/mol. The minimum absolute atomic E-state index is 0.0598. The van der Waals surface area contributed by atoms with Crippen LogP contribution < -0.4 is 0 Å². The molecule has 1 nitrogen and oxygen atoms in total. The molecule has 4 rings (SSSR count). The Morgan fingerprint density at radius 2 is 1.62 bits per heavy atom. The molecule has 3 aromatic carbocycles. The smallest absolute Gasteiger partial charge is 0.388 e. The summed E-state index contributed by atoms with van der Waals surface area (Å²) in [6.07, 6.45) is -3.22. The predicted octanol–water partition coefficient (Wildman–Crippen LogP) is 8.23. The van der Waals surface area contributed by atoms with E-state index in [2.05, 4.69) is 33.8 Å². The summed E-state index contributed by atoms with van der Waals surface area (Å²) in [6, 6.07) is 13.7. The lowest BCUT2D eigenvalue weighted by Gasteiger charge is -2.38. The van der Waals surface area contributed by atoms with Gasteiger partial charge in [0.1, 0.15) is 5.82 Å². The van der Waals surface area contributed by atoms with Crippen molar-refractivity contribution in [3.05, 3.63) is 93.8 Å². The lowest BCUT2D eigenvalue weighted by Crippen LogP contribution is -2.27. The zero-order valence-corrected chi connectivity index (χ0v) is 19.9. The van der Waals surface area contributed by atoms with Gasteiger partial charge in [-0.1, -0.05) is 58.0 Å². The largest absolute Gasteiger partial charge is 0.416 e. The van der Waals surface area contributed by atoms with Crippen LogP contribution in [0.25, 0.3) is 11.1 Å². The van der Waals surface area contributed by atoms with E-state index in [9.17, 15) is 22.7 Å². The zero-order valence-electron chi connectivity index (χ0n) is 19.9. The summed E-state index contributed by atoms with van der Waals surface area (Å²) in [5.41, 5.74) is 5.72. The first kappa shape index (κ1) is 24.5. The Morgan fingerprint density at radius 3 is 2.18 bits per heavy atom. The van der Waals surface area contributed by atoms with Crippen molar-refractivity contribution in [1.82, 2.24) is 0 Å². The van der Waals surface area contributed by atoms with E-state index >= 15 is 0 Å². The van der Waals surface area contributed by atoms with Gasteiger partial charge in [0.15, 0.2) is 0 Å². The molecule has 0 aromatic heterocycles. The van der Waals surface area contributed by atoms with E-state index in [-0.39, 0.29) is 17.2 Å². The molecule has 180 valence electrons. The fourth-order valence-corrected chi connectivity index (χ4v) is 5.23. The third-order valence-corrected chi connectivity index (χ3v) is 6.76. The highest BCUT2D eigenvalue weighted by atomic mass is 19.4. The third-order valence-electron chi connectivity index (χ3n) is 6.76. The van der Waals surface area contributed by atoms with Crippen LogP contribution in [-0.2, 0) is 19.0 Å². The molecule has 0 amide bonds. The van der Waals surface area contributed by atoms with E-state index in [0.717, 1.165) is 57.5 Å². The topological polar surface area (TPSA) is 20.2 Å². The summed E-state index contributed by atoms with van der Waals surface area (Å²) >= 11 is 0. The number of hydrogen-bond acceptors (Lipinski definition) is 1. The quantitative estimate of drug-likeness (QED) is 0.381. The molecular formula is C29H30F4O. The zero-order chi connectivity index (χ0) is 24.8. The Balaban J connectivity index is 1.94. The molecule has 0 saturated carbocycles. The van der Waals surface area contributed by atoms with Crippen molar-refractivity contribution in [2.75, 3.05) is 0 Å². The summed E-state index contributed by atoms with van der Waals surface area (Å²) in [4.78, 5) is 0. The van der Waals surface area contributed by atoms with Crippen LogP contribution in [0.3, 0.4) is 0 Å². The molecule has 1 unspecified atom stereocenters. The Hall–Kier alpha value is -2.66. The number of rotatable bonds is 4. The van der Waals surface area contributed by atoms with Gasteiger partial charge in [-0.05, 0) is 93.8 Å². The number of aliphatic hydroxyl groups excluding tert-OH is 1. The average molecular weight is 471 g/mol. The first-order valence-electron chi connectivity index (χ1n) is 11.6. The van der Waals surface area contributed by atoms with Crippen molar-refractivity contribution >= 4 is 0 Å². The van der Waals surface area contributed by atoms with Crippen LogP contribution in [0.5, 0.6) is 0 Å². The number of alkyl halides is 3. The van der Waals surface area contributed by atoms with Crippen LogP contribution in [0.15, 0.2) is 54.6 Å². The van der Waals surface area contributed by atoms with E-state index in [1.807, 2.05) is 0 Å². The fourth-order valence-electron chi connectivity index (χ4n) is 5.23. The van der Waals surface area contributed by atoms with Gasteiger partial charge in [-0.3, -0.25) is 0 Å². The van der Waals surface area contributed by atoms with E-state index < -0.39 is 17.8 Å². The minimum Gasteiger partial charge on any atom is -0.388 e. The van der Waals surface area contributed by atoms with Gasteiger partial charge in [0.2, 0.25) is 0 Å². The minimum atomic E-state index is -4.39. The summed E-state index contributed by atoms with van der Waals surface area (Å²) in [5, 5.41) is 11.2. The Bertz CT molecular complexity index is 1170. The number of benzene rings is 3. The van der Waals surface area contributed by atoms with Gasteiger partial charge >= 0.3 is 6.18 Å². The van der Waals surface area contributed by atoms with Crippen molar-refractivity contribution < 1.29 is 22.7 Å². The van der Waals surface area contributed by atoms with Gasteiger partial charge in [0.25, 0.3) is 0 Å². The molecule has 5 heteroatoms. The summed E-state index contributed by atoms with van der Waals surface area (Å²) in [7, 11) is 0. The molecule has 1 aliphatic rings. The molecule has 34 heavy (non-hydrogen) atoms. The van der Waals surface area contributed by atoms with Gasteiger partial charge in [-0.2, -0.15) is 13.2 Å². The number of hydrogen-bond donors (Lipinski definition) is 1. The molecule has 0 saturated heterocycles. The molecule has 0 bridgehead atoms. The second-order valence-corrected chi connectivity index (χ2v) is 10.5. The molecule has 0 fully saturated rings. The van der Waals surface area contributed by atoms with Crippen molar-refractivity contribution in [3.8, 4) is 11.1 Å². The van der Waals surface area contributed by atoms with E-state index in [1.54, 1.807) is 12.1 Å². The van der Waals surface area contributed by atoms with Gasteiger partial charge in [-0.15, -0.1) is 0 Å². The third kappa shape index (κ3) is 4.90. The molecule has 0 radical (unpaired) electrons. The maximum atomic E-state index is 13.8. The first-order valence-corrected chi connectivity index (χ1v) is 11.6. The number of halogens is 4. The molecule has 1 atom stereocenters. The average Bonchev–Trinajstić information content (AvgIpc) is 2.73. The molecule has 0 spiro atoms. The molecule has 1 N–H and O–H groups in total. The van der Waals surface area contributed by atoms with Gasteiger partial charge in [0.05, 0.1) is 11.7 Å². The maximum absolute atomic E-state index is 13.8. The Kier molecular flexibility index (Phi) is 6.36. The Labute approximate surface area is 198 Å². The fraction of sp³-hybridized carbons (Fsp3) is 0.379. The SMILES string of the molecule is CC(C)c1cc2c(c(-c3ccc(F)cc3)c1Cc1ccc(C(F)(F)F)cc1)C(O)CC(C)(C)C2. The summed E-state index contributed by atoms with van der Waals surface area (Å²) < 4.78 is 53.0. The van der Waals surface area contributed by atoms with E-state index in [1.165, 1.54) is 24.3 Å². The van der Waals surface area contributed by atoms with Crippen LogP contribution in [0.1, 0.15) is 79.5 Å². The predicted molar refractivity (Wildman–Crippen MR) is 127 cm³/mol. The molecule has 0 aliphatic heterocycles. The van der Waals surface area contributed by atoms with Crippen LogP contribution in [0.2, 0.25) is 0 Å². The number of aliphatic hydroxyl groups is 1. The first-order chi connectivity index (χ1) is 15.9. The van der Waals surface area contributed by atoms with Crippen LogP contribution in [0, 0.1) is 11.2 Å². The lowest BCUT2D eigenvalue weighted by molar-refractivity contribution is -0.137. The van der Waals surface area contributed by atoms with Crippen molar-refractivity contribution in [3.63, 3.8) is 0 Å². The van der Waals surface area contributed by atoms with Crippen LogP contribution >= 0.6 is 0 Å². The molecule has 3 aromatic rings. The van der Waals surface area contributed by atoms with Crippen molar-refractivity contribution in [1.29, 1.82) is 0 Å². The van der Waals surface area contributed by atoms with Crippen LogP contribution in [0.4, 0.5) is 17.6 Å². The van der Waals surface area contributed by atoms with E-state index in [0.29, 0.717) is 12.8 Å². The lowest BCUT2D eigenvalue weighted by atomic mass is 9.69. The van der Waals surface area contributed by atoms with Crippen LogP contribution in [-0.4, -0.2) is 5.11 Å². The number of fused-ring (bicyclic) bond motifs is 1. The highest BCUT2D eigenvalue weighted by Crippen LogP contribution is 2.48. The van der Waals surface area contributed by atoms with Crippen molar-refractivity contribution in [2.24, 2.45) is 5.41 Å². The van der Waals surface area contributed by atoms with Gasteiger partial charge in [0, 0.05) is 0 Å². The second kappa shape index (κ2) is 8.84. The molecule has 0 heterocycles. The standard InChI is InChI=1S/C29H30F4O/c1-17(2)23-14-20-15-28(3,4)16-25(34)27(20)26(19-7-11-22(30)12-8-19)24(23)13-18-5-9-21(10-6-18)29(31,32)33/h5-12,14,17,25,34H,13,15-16H2,1-4H3. The highest BCUT2D eigenvalue weighted by molar-refractivity contribution is 5.76. The summed E-state index contributed by atoms with van der Waals surface area (Å²) in [6.45, 7) is 8.47.